The third-order valence-corrected chi connectivity index (χ3v) is 10.8. The van der Waals surface area contributed by atoms with Gasteiger partial charge in [0.2, 0.25) is 5.91 Å². The third kappa shape index (κ3) is 4.29. The van der Waals surface area contributed by atoms with Crippen LogP contribution in [0.2, 0.25) is 0 Å². The third-order valence-electron chi connectivity index (χ3n) is 6.48. The number of aromatic nitrogens is 1. The maximum absolute atomic E-state index is 13.4. The van der Waals surface area contributed by atoms with Crippen molar-refractivity contribution < 1.29 is 13.2 Å². The molecule has 0 bridgehead atoms. The molecule has 2 aliphatic heterocycles. The van der Waals surface area contributed by atoms with Gasteiger partial charge in [0.1, 0.15) is 10.3 Å². The number of carbonyl (C=O) groups is 1. The maximum atomic E-state index is 13.4. The summed E-state index contributed by atoms with van der Waals surface area (Å²) in [4.78, 5) is 22.4. The minimum Gasteiger partial charge on any atom is -0.345 e. The number of hydrogen-bond donors (Lipinski definition) is 0. The van der Waals surface area contributed by atoms with Gasteiger partial charge < -0.3 is 9.80 Å². The monoisotopic (exact) mass is 504 g/mol. The molecule has 2 fully saturated rings. The first-order valence-electron chi connectivity index (χ1n) is 11.3. The zero-order chi connectivity index (χ0) is 23.2. The summed E-state index contributed by atoms with van der Waals surface area (Å²) in [6, 6.07) is 7.08. The van der Waals surface area contributed by atoms with Gasteiger partial charge in [-0.2, -0.15) is 4.31 Å². The summed E-state index contributed by atoms with van der Waals surface area (Å²) in [5.74, 6) is -0.0646. The first-order valence-corrected chi connectivity index (χ1v) is 14.4. The maximum Gasteiger partial charge on any atom is 0.253 e. The molecule has 1 unspecified atom stereocenters. The van der Waals surface area contributed by atoms with Crippen LogP contribution in [-0.4, -0.2) is 67.3 Å². The van der Waals surface area contributed by atoms with E-state index in [4.69, 9.17) is 4.98 Å². The number of fused-ring (bicyclic) bond motifs is 1. The molecule has 2 aromatic heterocycles. The molecule has 0 N–H and O–H groups in total. The summed E-state index contributed by atoms with van der Waals surface area (Å²) in [5.41, 5.74) is 3.47. The van der Waals surface area contributed by atoms with E-state index in [1.54, 1.807) is 28.8 Å². The Balaban J connectivity index is 1.29. The highest BCUT2D eigenvalue weighted by Crippen LogP contribution is 2.33. The van der Waals surface area contributed by atoms with Gasteiger partial charge in [0.15, 0.2) is 5.13 Å². The molecule has 2 aliphatic rings. The zero-order valence-corrected chi connectivity index (χ0v) is 21.3. The quantitative estimate of drug-likeness (QED) is 0.539. The predicted molar refractivity (Wildman–Crippen MR) is 134 cm³/mol. The minimum atomic E-state index is -3.64. The smallest absolute Gasteiger partial charge is 0.253 e. The van der Waals surface area contributed by atoms with Crippen LogP contribution in [0.15, 0.2) is 33.9 Å². The van der Waals surface area contributed by atoms with E-state index in [0.29, 0.717) is 43.4 Å². The van der Waals surface area contributed by atoms with Gasteiger partial charge in [-0.15, -0.1) is 11.3 Å². The van der Waals surface area contributed by atoms with Crippen molar-refractivity contribution in [1.29, 1.82) is 0 Å². The van der Waals surface area contributed by atoms with Crippen LogP contribution in [0.5, 0.6) is 0 Å². The second kappa shape index (κ2) is 8.98. The second-order valence-corrected chi connectivity index (χ2v) is 12.9. The number of carbonyl (C=O) groups excluding carboxylic acids is 1. The molecule has 5 rings (SSSR count). The molecule has 7 nitrogen and oxygen atoms in total. The molecule has 1 atom stereocenters. The summed E-state index contributed by atoms with van der Waals surface area (Å²) in [6.07, 6.45) is 2.25. The number of sulfonamides is 1. The lowest BCUT2D eigenvalue weighted by atomic mass is 10.0. The van der Waals surface area contributed by atoms with Crippen molar-refractivity contribution in [2.24, 2.45) is 0 Å². The van der Waals surface area contributed by atoms with E-state index < -0.39 is 16.1 Å². The van der Waals surface area contributed by atoms with Crippen LogP contribution in [0.4, 0.5) is 5.13 Å². The Morgan fingerprint density at radius 3 is 2.61 bits per heavy atom. The Bertz CT molecular complexity index is 1260. The van der Waals surface area contributed by atoms with Crippen LogP contribution < -0.4 is 4.90 Å². The van der Waals surface area contributed by atoms with E-state index >= 15 is 0 Å². The van der Waals surface area contributed by atoms with Crippen LogP contribution in [0.1, 0.15) is 30.4 Å². The topological polar surface area (TPSA) is 73.8 Å². The Hall–Kier alpha value is -2.01. The van der Waals surface area contributed by atoms with E-state index in [0.717, 1.165) is 23.5 Å². The number of piperazine rings is 1. The van der Waals surface area contributed by atoms with Crippen LogP contribution in [-0.2, 0) is 14.8 Å². The van der Waals surface area contributed by atoms with E-state index in [-0.39, 0.29) is 5.91 Å². The molecule has 0 aliphatic carbocycles. The highest BCUT2D eigenvalue weighted by Gasteiger charge is 2.40. The number of nitrogens with zero attached hydrogens (tertiary/aromatic N) is 4. The largest absolute Gasteiger partial charge is 0.345 e. The molecule has 10 heteroatoms. The van der Waals surface area contributed by atoms with Gasteiger partial charge in [0.25, 0.3) is 10.0 Å². The molecule has 4 heterocycles. The SMILES string of the molecule is Cc1cc(C)c2nc(N3CCN(C(=O)C4CCCCN4S(=O)(=O)c4cccs4)CC3)sc2c1. The fourth-order valence-corrected chi connectivity index (χ4v) is 8.75. The summed E-state index contributed by atoms with van der Waals surface area (Å²) >= 11 is 2.90. The number of thiophene rings is 1. The van der Waals surface area contributed by atoms with E-state index in [2.05, 4.69) is 30.9 Å². The minimum absolute atomic E-state index is 0.0646. The summed E-state index contributed by atoms with van der Waals surface area (Å²) in [6.45, 7) is 7.16. The number of rotatable bonds is 4. The van der Waals surface area contributed by atoms with Crippen molar-refractivity contribution in [2.75, 3.05) is 37.6 Å². The van der Waals surface area contributed by atoms with Gasteiger partial charge in [-0.05, 0) is 55.3 Å². The second-order valence-electron chi connectivity index (χ2n) is 8.80. The molecule has 33 heavy (non-hydrogen) atoms. The van der Waals surface area contributed by atoms with Gasteiger partial charge in [-0.3, -0.25) is 4.79 Å². The van der Waals surface area contributed by atoms with Crippen molar-refractivity contribution >= 4 is 54.0 Å². The number of thiazole rings is 1. The molecular formula is C23H28N4O3S3. The van der Waals surface area contributed by atoms with E-state index in [1.165, 1.54) is 31.5 Å². The number of piperidine rings is 1. The molecule has 176 valence electrons. The highest BCUT2D eigenvalue weighted by atomic mass is 32.2. The van der Waals surface area contributed by atoms with Crippen molar-refractivity contribution in [3.63, 3.8) is 0 Å². The average molecular weight is 505 g/mol. The number of hydrogen-bond acceptors (Lipinski definition) is 7. The predicted octanol–water partition coefficient (Wildman–Crippen LogP) is 3.87. The molecule has 0 radical (unpaired) electrons. The number of anilines is 1. The average Bonchev–Trinajstić information content (AvgIpc) is 3.50. The molecule has 0 saturated carbocycles. The van der Waals surface area contributed by atoms with Gasteiger partial charge in [0.05, 0.1) is 10.2 Å². The van der Waals surface area contributed by atoms with Crippen molar-refractivity contribution in [1.82, 2.24) is 14.2 Å². The fourth-order valence-electron chi connectivity index (χ4n) is 4.79. The van der Waals surface area contributed by atoms with Crippen LogP contribution in [0, 0.1) is 13.8 Å². The summed E-state index contributed by atoms with van der Waals surface area (Å²) < 4.78 is 29.3. The Morgan fingerprint density at radius 1 is 1.09 bits per heavy atom. The lowest BCUT2D eigenvalue weighted by Crippen LogP contribution is -2.57. The van der Waals surface area contributed by atoms with Gasteiger partial charge >= 0.3 is 0 Å². The van der Waals surface area contributed by atoms with Crippen molar-refractivity contribution in [3.05, 3.63) is 40.8 Å². The number of aryl methyl sites for hydroxylation is 2. The molecule has 1 amide bonds. The lowest BCUT2D eigenvalue weighted by Gasteiger charge is -2.40. The summed E-state index contributed by atoms with van der Waals surface area (Å²) in [5, 5.41) is 2.75. The van der Waals surface area contributed by atoms with Crippen molar-refractivity contribution in [2.45, 2.75) is 43.4 Å². The van der Waals surface area contributed by atoms with Gasteiger partial charge in [-0.1, -0.05) is 29.9 Å². The van der Waals surface area contributed by atoms with Crippen molar-refractivity contribution in [3.8, 4) is 0 Å². The van der Waals surface area contributed by atoms with Crippen LogP contribution >= 0.6 is 22.7 Å². The van der Waals surface area contributed by atoms with Crippen LogP contribution in [0.25, 0.3) is 10.2 Å². The molecule has 3 aromatic rings. The fraction of sp³-hybridized carbons (Fsp3) is 0.478. The molecule has 2 saturated heterocycles. The normalized spacial score (nSPS) is 20.5. The first-order chi connectivity index (χ1) is 15.8. The van der Waals surface area contributed by atoms with Gasteiger partial charge in [0, 0.05) is 32.7 Å². The molecular weight excluding hydrogens is 476 g/mol. The molecule has 1 aromatic carbocycles. The van der Waals surface area contributed by atoms with Gasteiger partial charge in [-0.25, -0.2) is 13.4 Å². The first kappa shape index (κ1) is 22.8. The number of benzene rings is 1. The Labute approximate surface area is 202 Å². The van der Waals surface area contributed by atoms with E-state index in [9.17, 15) is 13.2 Å². The number of amides is 1. The zero-order valence-electron chi connectivity index (χ0n) is 18.9. The molecule has 0 spiro atoms. The van der Waals surface area contributed by atoms with Crippen LogP contribution in [0.3, 0.4) is 0 Å². The summed E-state index contributed by atoms with van der Waals surface area (Å²) in [7, 11) is -3.64. The standard InChI is InChI=1S/C23H28N4O3S3/c1-16-14-17(2)21-19(15-16)32-23(24-21)26-11-9-25(10-12-26)22(28)18-6-3-4-8-27(18)33(29,30)20-7-5-13-31-20/h5,7,13-15,18H,3-4,6,8-12H2,1-2H3. The Morgan fingerprint density at radius 2 is 1.88 bits per heavy atom. The van der Waals surface area contributed by atoms with E-state index in [1.807, 2.05) is 4.90 Å². The highest BCUT2D eigenvalue weighted by molar-refractivity contribution is 7.91. The lowest BCUT2D eigenvalue weighted by molar-refractivity contribution is -0.136. The Kier molecular flexibility index (Phi) is 6.19.